The van der Waals surface area contributed by atoms with Crippen molar-refractivity contribution < 1.29 is 14.4 Å². The van der Waals surface area contributed by atoms with Crippen LogP contribution in [0.3, 0.4) is 0 Å². The maximum atomic E-state index is 12.9. The van der Waals surface area contributed by atoms with Gasteiger partial charge in [-0.05, 0) is 44.4 Å². The number of carbonyl (C=O) groups excluding carboxylic acids is 3. The Hall–Kier alpha value is -3.69. The highest BCUT2D eigenvalue weighted by Crippen LogP contribution is 2.22. The maximum absolute atomic E-state index is 12.9. The summed E-state index contributed by atoms with van der Waals surface area (Å²) in [7, 11) is 0. The number of fused-ring (bicyclic) bond motifs is 3. The first-order valence-electron chi connectivity index (χ1n) is 11.0. The topological polar surface area (TPSA) is 134 Å². The Morgan fingerprint density at radius 2 is 1.94 bits per heavy atom. The second-order valence-corrected chi connectivity index (χ2v) is 8.37. The summed E-state index contributed by atoms with van der Waals surface area (Å²) < 4.78 is 1.85. The minimum absolute atomic E-state index is 0.137. The van der Waals surface area contributed by atoms with Crippen LogP contribution in [0, 0.1) is 6.92 Å². The van der Waals surface area contributed by atoms with Crippen molar-refractivity contribution in [1.82, 2.24) is 30.2 Å². The van der Waals surface area contributed by atoms with Crippen molar-refractivity contribution in [3.8, 4) is 0 Å². The lowest BCUT2D eigenvalue weighted by atomic mass is 10.2. The summed E-state index contributed by atoms with van der Waals surface area (Å²) in [6.07, 6.45) is 4.99. The minimum Gasteiger partial charge on any atom is -0.351 e. The third kappa shape index (κ3) is 3.72. The first-order chi connectivity index (χ1) is 15.5. The number of rotatable bonds is 4. The van der Waals surface area contributed by atoms with Gasteiger partial charge in [0.05, 0.1) is 5.69 Å². The Morgan fingerprint density at radius 3 is 2.75 bits per heavy atom. The molecule has 32 heavy (non-hydrogen) atoms. The van der Waals surface area contributed by atoms with E-state index in [0.717, 1.165) is 37.5 Å². The molecule has 0 bridgehead atoms. The molecule has 4 heterocycles. The maximum Gasteiger partial charge on any atom is 0.287 e. The van der Waals surface area contributed by atoms with E-state index in [9.17, 15) is 14.4 Å². The highest BCUT2D eigenvalue weighted by atomic mass is 16.2. The SMILES string of the molecule is Cc1[nH]c(C(=O)NC2CCCC2)nc1NC(=O)c1ccc2cc3n(c2n1)CCCNC3=O. The van der Waals surface area contributed by atoms with Crippen LogP contribution in [0.1, 0.15) is 69.4 Å². The quantitative estimate of drug-likeness (QED) is 0.498. The van der Waals surface area contributed by atoms with Crippen molar-refractivity contribution in [1.29, 1.82) is 0 Å². The van der Waals surface area contributed by atoms with Gasteiger partial charge in [-0.2, -0.15) is 0 Å². The number of anilines is 1. The highest BCUT2D eigenvalue weighted by Gasteiger charge is 2.23. The molecule has 1 fully saturated rings. The molecule has 0 atom stereocenters. The molecule has 10 heteroatoms. The van der Waals surface area contributed by atoms with Crippen LogP contribution in [0.15, 0.2) is 18.2 Å². The number of pyridine rings is 1. The average molecular weight is 435 g/mol. The van der Waals surface area contributed by atoms with Crippen LogP contribution in [0.4, 0.5) is 5.82 Å². The number of aromatic amines is 1. The van der Waals surface area contributed by atoms with Crippen molar-refractivity contribution in [3.05, 3.63) is 41.1 Å². The van der Waals surface area contributed by atoms with E-state index in [1.54, 1.807) is 25.1 Å². The largest absolute Gasteiger partial charge is 0.351 e. The van der Waals surface area contributed by atoms with Gasteiger partial charge in [-0.1, -0.05) is 12.8 Å². The van der Waals surface area contributed by atoms with Crippen molar-refractivity contribution in [2.75, 3.05) is 11.9 Å². The molecule has 166 valence electrons. The first kappa shape index (κ1) is 20.2. The number of hydrogen-bond donors (Lipinski definition) is 4. The van der Waals surface area contributed by atoms with E-state index in [-0.39, 0.29) is 29.4 Å². The summed E-state index contributed by atoms with van der Waals surface area (Å²) in [5.41, 5.74) is 1.94. The number of imidazole rings is 1. The summed E-state index contributed by atoms with van der Waals surface area (Å²) in [5.74, 6) is -0.369. The second-order valence-electron chi connectivity index (χ2n) is 8.37. The van der Waals surface area contributed by atoms with Gasteiger partial charge in [0.1, 0.15) is 17.0 Å². The Labute approximate surface area is 184 Å². The number of aryl methyl sites for hydroxylation is 2. The fraction of sp³-hybridized carbons (Fsp3) is 0.409. The lowest BCUT2D eigenvalue weighted by Gasteiger charge is -2.09. The third-order valence-electron chi connectivity index (χ3n) is 6.08. The Balaban J connectivity index is 1.36. The van der Waals surface area contributed by atoms with Gasteiger partial charge in [0.2, 0.25) is 0 Å². The van der Waals surface area contributed by atoms with Crippen LogP contribution in [0.25, 0.3) is 11.0 Å². The highest BCUT2D eigenvalue weighted by molar-refractivity contribution is 6.05. The van der Waals surface area contributed by atoms with E-state index < -0.39 is 5.91 Å². The zero-order valence-corrected chi connectivity index (χ0v) is 17.8. The lowest BCUT2D eigenvalue weighted by molar-refractivity contribution is 0.0925. The smallest absolute Gasteiger partial charge is 0.287 e. The Kier molecular flexibility index (Phi) is 5.12. The summed E-state index contributed by atoms with van der Waals surface area (Å²) in [6, 6.07) is 5.37. The predicted octanol–water partition coefficient (Wildman–Crippen LogP) is 2.13. The molecule has 3 aromatic rings. The molecule has 2 aliphatic rings. The third-order valence-corrected chi connectivity index (χ3v) is 6.08. The zero-order chi connectivity index (χ0) is 22.2. The lowest BCUT2D eigenvalue weighted by Crippen LogP contribution is -2.33. The number of nitrogens with zero attached hydrogens (tertiary/aromatic N) is 3. The number of aromatic nitrogens is 4. The molecule has 0 radical (unpaired) electrons. The fourth-order valence-corrected chi connectivity index (χ4v) is 4.38. The average Bonchev–Trinajstić information content (AvgIpc) is 3.48. The molecule has 1 aliphatic carbocycles. The molecule has 0 saturated heterocycles. The van der Waals surface area contributed by atoms with Gasteiger partial charge in [0.15, 0.2) is 11.6 Å². The van der Waals surface area contributed by atoms with Gasteiger partial charge < -0.3 is 25.5 Å². The van der Waals surface area contributed by atoms with Crippen molar-refractivity contribution in [2.24, 2.45) is 0 Å². The van der Waals surface area contributed by atoms with Gasteiger partial charge >= 0.3 is 0 Å². The van der Waals surface area contributed by atoms with Gasteiger partial charge in [0.25, 0.3) is 17.7 Å². The van der Waals surface area contributed by atoms with E-state index >= 15 is 0 Å². The molecule has 1 saturated carbocycles. The van der Waals surface area contributed by atoms with Crippen LogP contribution in [0.2, 0.25) is 0 Å². The molecule has 5 rings (SSSR count). The number of carbonyl (C=O) groups is 3. The molecule has 3 amide bonds. The summed E-state index contributed by atoms with van der Waals surface area (Å²) in [6.45, 7) is 3.00. The normalized spacial score (nSPS) is 16.5. The summed E-state index contributed by atoms with van der Waals surface area (Å²) in [5, 5.41) is 9.39. The van der Waals surface area contributed by atoms with Crippen molar-refractivity contribution >= 4 is 34.6 Å². The molecule has 1 aliphatic heterocycles. The molecular weight excluding hydrogens is 410 g/mol. The minimum atomic E-state index is -0.433. The zero-order valence-electron chi connectivity index (χ0n) is 17.8. The Morgan fingerprint density at radius 1 is 1.12 bits per heavy atom. The molecule has 0 unspecified atom stereocenters. The first-order valence-corrected chi connectivity index (χ1v) is 11.0. The van der Waals surface area contributed by atoms with Gasteiger partial charge in [0, 0.05) is 24.5 Å². The van der Waals surface area contributed by atoms with Crippen LogP contribution in [-0.2, 0) is 6.54 Å². The molecule has 0 aromatic carbocycles. The predicted molar refractivity (Wildman–Crippen MR) is 118 cm³/mol. The standard InChI is InChI=1S/C22H25N7O3/c1-12-17(27-18(24-12)22(32)25-14-5-2-3-6-14)28-20(30)15-8-7-13-11-16-21(31)23-9-4-10-29(16)19(13)26-15/h7-8,11,14H,2-6,9-10H2,1H3,(H,23,31)(H,24,27)(H,25,32)(H,28,30). The number of nitrogens with one attached hydrogen (secondary N) is 4. The van der Waals surface area contributed by atoms with Gasteiger partial charge in [-0.3, -0.25) is 14.4 Å². The van der Waals surface area contributed by atoms with E-state index in [1.165, 1.54) is 0 Å². The summed E-state index contributed by atoms with van der Waals surface area (Å²) >= 11 is 0. The van der Waals surface area contributed by atoms with Crippen molar-refractivity contribution in [2.45, 2.75) is 51.6 Å². The van der Waals surface area contributed by atoms with Gasteiger partial charge in [-0.25, -0.2) is 9.97 Å². The second kappa shape index (κ2) is 8.10. The molecule has 3 aromatic heterocycles. The number of amides is 3. The van der Waals surface area contributed by atoms with E-state index in [2.05, 4.69) is 30.9 Å². The van der Waals surface area contributed by atoms with Crippen molar-refractivity contribution in [3.63, 3.8) is 0 Å². The van der Waals surface area contributed by atoms with Crippen LogP contribution >= 0.6 is 0 Å². The molecule has 10 nitrogen and oxygen atoms in total. The summed E-state index contributed by atoms with van der Waals surface area (Å²) in [4.78, 5) is 49.3. The van der Waals surface area contributed by atoms with Crippen LogP contribution in [0.5, 0.6) is 0 Å². The molecule has 0 spiro atoms. The Bertz CT molecular complexity index is 1220. The molecule has 4 N–H and O–H groups in total. The monoisotopic (exact) mass is 435 g/mol. The van der Waals surface area contributed by atoms with E-state index in [1.807, 2.05) is 4.57 Å². The van der Waals surface area contributed by atoms with Gasteiger partial charge in [-0.15, -0.1) is 0 Å². The fourth-order valence-electron chi connectivity index (χ4n) is 4.38. The van der Waals surface area contributed by atoms with E-state index in [4.69, 9.17) is 0 Å². The van der Waals surface area contributed by atoms with E-state index in [0.29, 0.717) is 35.9 Å². The number of H-pyrrole nitrogens is 1. The molecular formula is C22H25N7O3. The number of hydrogen-bond acceptors (Lipinski definition) is 5. The van der Waals surface area contributed by atoms with Crippen LogP contribution < -0.4 is 16.0 Å². The van der Waals surface area contributed by atoms with Crippen LogP contribution in [-0.4, -0.2) is 49.8 Å².